The zero-order valence-electron chi connectivity index (χ0n) is 6.05. The van der Waals surface area contributed by atoms with Crippen LogP contribution in [0.25, 0.3) is 0 Å². The smallest absolute Gasteiger partial charge is 0.0800 e. The Morgan fingerprint density at radius 2 is 2.36 bits per heavy atom. The maximum Gasteiger partial charge on any atom is 0.0800 e. The molecule has 0 aliphatic carbocycles. The second-order valence-electron chi connectivity index (χ2n) is 2.63. The number of aryl methyl sites for hydroxylation is 1. The van der Waals surface area contributed by atoms with E-state index in [1.807, 2.05) is 12.1 Å². The van der Waals surface area contributed by atoms with Gasteiger partial charge in [-0.15, -0.1) is 0 Å². The summed E-state index contributed by atoms with van der Waals surface area (Å²) < 4.78 is 0. The molecule has 1 aliphatic rings. The molecule has 1 aromatic carbocycles. The Hall–Kier alpha value is -0.890. The SMILES string of the molecule is S=C1CCc2cc[c]cc2N1. The van der Waals surface area contributed by atoms with E-state index in [1.165, 1.54) is 5.56 Å². The van der Waals surface area contributed by atoms with Crippen LogP contribution in [-0.4, -0.2) is 4.99 Å². The van der Waals surface area contributed by atoms with Crippen molar-refractivity contribution in [3.63, 3.8) is 0 Å². The maximum absolute atomic E-state index is 5.06. The van der Waals surface area contributed by atoms with Gasteiger partial charge in [0.1, 0.15) is 0 Å². The van der Waals surface area contributed by atoms with E-state index < -0.39 is 0 Å². The summed E-state index contributed by atoms with van der Waals surface area (Å²) in [4.78, 5) is 0.942. The van der Waals surface area contributed by atoms with E-state index in [1.54, 1.807) is 0 Å². The molecule has 1 aromatic rings. The van der Waals surface area contributed by atoms with Crippen molar-refractivity contribution in [1.82, 2.24) is 0 Å². The molecule has 0 bridgehead atoms. The second-order valence-corrected chi connectivity index (χ2v) is 3.12. The Bertz CT molecular complexity index is 293. The first kappa shape index (κ1) is 6.80. The lowest BCUT2D eigenvalue weighted by atomic mass is 10.0. The van der Waals surface area contributed by atoms with Crippen molar-refractivity contribution in [2.45, 2.75) is 12.8 Å². The lowest BCUT2D eigenvalue weighted by Gasteiger charge is -2.17. The van der Waals surface area contributed by atoms with Crippen LogP contribution in [0, 0.1) is 6.07 Å². The third-order valence-electron chi connectivity index (χ3n) is 1.85. The maximum atomic E-state index is 5.06. The molecule has 1 heterocycles. The lowest BCUT2D eigenvalue weighted by molar-refractivity contribution is 1.03. The second kappa shape index (κ2) is 2.62. The van der Waals surface area contributed by atoms with Crippen LogP contribution in [0.4, 0.5) is 5.69 Å². The molecule has 0 atom stereocenters. The van der Waals surface area contributed by atoms with E-state index in [0.717, 1.165) is 23.5 Å². The van der Waals surface area contributed by atoms with E-state index in [9.17, 15) is 0 Å². The van der Waals surface area contributed by atoms with Gasteiger partial charge in [0.25, 0.3) is 0 Å². The highest BCUT2D eigenvalue weighted by Gasteiger charge is 2.09. The fraction of sp³-hybridized carbons (Fsp3) is 0.222. The lowest BCUT2D eigenvalue weighted by Crippen LogP contribution is -2.16. The minimum atomic E-state index is 0.942. The highest BCUT2D eigenvalue weighted by molar-refractivity contribution is 7.80. The molecule has 1 radical (unpaired) electrons. The Balaban J connectivity index is 2.41. The highest BCUT2D eigenvalue weighted by atomic mass is 32.1. The predicted molar refractivity (Wildman–Crippen MR) is 49.8 cm³/mol. The molecule has 0 saturated heterocycles. The summed E-state index contributed by atoms with van der Waals surface area (Å²) >= 11 is 5.06. The number of rotatable bonds is 0. The number of benzene rings is 1. The van der Waals surface area contributed by atoms with Gasteiger partial charge in [-0.1, -0.05) is 24.4 Å². The van der Waals surface area contributed by atoms with E-state index in [4.69, 9.17) is 12.2 Å². The number of hydrogen-bond donors (Lipinski definition) is 1. The normalized spacial score (nSPS) is 15.5. The van der Waals surface area contributed by atoms with Crippen LogP contribution < -0.4 is 5.32 Å². The van der Waals surface area contributed by atoms with E-state index in [2.05, 4.69) is 17.4 Å². The summed E-state index contributed by atoms with van der Waals surface area (Å²) in [7, 11) is 0. The highest BCUT2D eigenvalue weighted by Crippen LogP contribution is 2.21. The molecular formula is C9H8NS. The van der Waals surface area contributed by atoms with Crippen LogP contribution >= 0.6 is 12.2 Å². The third kappa shape index (κ3) is 1.26. The molecular weight excluding hydrogens is 154 g/mol. The van der Waals surface area contributed by atoms with Crippen LogP contribution in [0.1, 0.15) is 12.0 Å². The largest absolute Gasteiger partial charge is 0.350 e. The summed E-state index contributed by atoms with van der Waals surface area (Å²) in [5.74, 6) is 0. The van der Waals surface area contributed by atoms with Crippen molar-refractivity contribution in [2.24, 2.45) is 0 Å². The van der Waals surface area contributed by atoms with E-state index in [-0.39, 0.29) is 0 Å². The number of hydrogen-bond acceptors (Lipinski definition) is 1. The number of fused-ring (bicyclic) bond motifs is 1. The minimum absolute atomic E-state index is 0.942. The third-order valence-corrected chi connectivity index (χ3v) is 2.16. The van der Waals surface area contributed by atoms with Gasteiger partial charge in [0, 0.05) is 12.1 Å². The zero-order chi connectivity index (χ0) is 7.68. The average molecular weight is 162 g/mol. The van der Waals surface area contributed by atoms with Crippen LogP contribution in [0.3, 0.4) is 0 Å². The van der Waals surface area contributed by atoms with Gasteiger partial charge < -0.3 is 5.32 Å². The van der Waals surface area contributed by atoms with Crippen molar-refractivity contribution in [2.75, 3.05) is 5.32 Å². The standard InChI is InChI=1S/C9H8NS/c11-9-6-5-7-3-1-2-4-8(7)10-9/h1,3-4H,5-6H2,(H,10,11). The molecule has 1 N–H and O–H groups in total. The van der Waals surface area contributed by atoms with E-state index in [0.29, 0.717) is 0 Å². The molecule has 0 fully saturated rings. The first-order chi connectivity index (χ1) is 5.36. The Morgan fingerprint density at radius 1 is 1.45 bits per heavy atom. The Morgan fingerprint density at radius 3 is 3.27 bits per heavy atom. The van der Waals surface area contributed by atoms with Gasteiger partial charge in [0.15, 0.2) is 0 Å². The van der Waals surface area contributed by atoms with Gasteiger partial charge in [-0.05, 0) is 24.1 Å². The van der Waals surface area contributed by atoms with Gasteiger partial charge in [0.05, 0.1) is 4.99 Å². The van der Waals surface area contributed by atoms with E-state index >= 15 is 0 Å². The fourth-order valence-electron chi connectivity index (χ4n) is 1.26. The Labute approximate surface area is 71.4 Å². The molecule has 55 valence electrons. The molecule has 0 aromatic heterocycles. The van der Waals surface area contributed by atoms with Crippen molar-refractivity contribution < 1.29 is 0 Å². The van der Waals surface area contributed by atoms with Crippen LogP contribution in [0.5, 0.6) is 0 Å². The Kier molecular flexibility index (Phi) is 1.62. The molecule has 0 saturated carbocycles. The molecule has 2 rings (SSSR count). The summed E-state index contributed by atoms with van der Waals surface area (Å²) in [5, 5.41) is 3.16. The van der Waals surface area contributed by atoms with Crippen LogP contribution in [-0.2, 0) is 6.42 Å². The quantitative estimate of drug-likeness (QED) is 0.587. The van der Waals surface area contributed by atoms with Crippen LogP contribution in [0.15, 0.2) is 18.2 Å². The average Bonchev–Trinajstić information content (AvgIpc) is 2.04. The predicted octanol–water partition coefficient (Wildman–Crippen LogP) is 2.17. The summed E-state index contributed by atoms with van der Waals surface area (Å²) in [6.45, 7) is 0. The fourth-order valence-corrected chi connectivity index (χ4v) is 1.47. The summed E-state index contributed by atoms with van der Waals surface area (Å²) in [6.07, 6.45) is 2.04. The van der Waals surface area contributed by atoms with Crippen molar-refractivity contribution >= 4 is 22.9 Å². The van der Waals surface area contributed by atoms with Gasteiger partial charge in [0.2, 0.25) is 0 Å². The van der Waals surface area contributed by atoms with Crippen LogP contribution in [0.2, 0.25) is 0 Å². The molecule has 1 nitrogen and oxygen atoms in total. The monoisotopic (exact) mass is 162 g/mol. The molecule has 2 heteroatoms. The number of thiocarbonyl (C=S) groups is 1. The topological polar surface area (TPSA) is 12.0 Å². The minimum Gasteiger partial charge on any atom is -0.350 e. The molecule has 0 spiro atoms. The molecule has 1 aliphatic heterocycles. The first-order valence-electron chi connectivity index (χ1n) is 3.65. The van der Waals surface area contributed by atoms with Gasteiger partial charge >= 0.3 is 0 Å². The number of anilines is 1. The molecule has 0 amide bonds. The van der Waals surface area contributed by atoms with Gasteiger partial charge in [-0.3, -0.25) is 0 Å². The zero-order valence-corrected chi connectivity index (χ0v) is 6.87. The molecule has 11 heavy (non-hydrogen) atoms. The van der Waals surface area contributed by atoms with Crippen molar-refractivity contribution in [3.05, 3.63) is 29.8 Å². The van der Waals surface area contributed by atoms with Crippen molar-refractivity contribution in [3.8, 4) is 0 Å². The van der Waals surface area contributed by atoms with Crippen molar-refractivity contribution in [1.29, 1.82) is 0 Å². The van der Waals surface area contributed by atoms with Gasteiger partial charge in [-0.25, -0.2) is 0 Å². The number of nitrogens with one attached hydrogen (secondary N) is 1. The summed E-state index contributed by atoms with van der Waals surface area (Å²) in [5.41, 5.74) is 2.47. The van der Waals surface area contributed by atoms with Gasteiger partial charge in [-0.2, -0.15) is 0 Å². The first-order valence-corrected chi connectivity index (χ1v) is 4.06. The molecule has 0 unspecified atom stereocenters. The summed E-state index contributed by atoms with van der Waals surface area (Å²) in [6, 6.07) is 8.99.